The summed E-state index contributed by atoms with van der Waals surface area (Å²) < 4.78 is 57.2. The van der Waals surface area contributed by atoms with Crippen molar-refractivity contribution in [3.8, 4) is 22.8 Å². The first-order valence-corrected chi connectivity index (χ1v) is 14.5. The molecule has 1 aliphatic carbocycles. The normalized spacial score (nSPS) is 19.1. The van der Waals surface area contributed by atoms with Crippen LogP contribution in [0.5, 0.6) is 11.5 Å². The number of halogens is 5. The molecule has 0 spiro atoms. The highest BCUT2D eigenvalue weighted by Crippen LogP contribution is 2.48. The maximum Gasteiger partial charge on any atom is 0.424 e. The molecule has 4 N–H and O–H groups in total. The minimum Gasteiger partial charge on any atom is -0.494 e. The van der Waals surface area contributed by atoms with Gasteiger partial charge >= 0.3 is 6.18 Å². The molecule has 236 valence electrons. The van der Waals surface area contributed by atoms with E-state index in [-0.39, 0.29) is 56.6 Å². The summed E-state index contributed by atoms with van der Waals surface area (Å²) in [4.78, 5) is 29.9. The largest absolute Gasteiger partial charge is 0.494 e. The zero-order valence-electron chi connectivity index (χ0n) is 23.8. The lowest BCUT2D eigenvalue weighted by Crippen LogP contribution is -2.51. The van der Waals surface area contributed by atoms with Crippen molar-refractivity contribution in [2.24, 2.45) is 5.73 Å². The Balaban J connectivity index is 1.41. The molecule has 6 rings (SSSR count). The fourth-order valence-corrected chi connectivity index (χ4v) is 5.79. The van der Waals surface area contributed by atoms with Gasteiger partial charge < -0.3 is 25.6 Å². The molecule has 2 aliphatic rings. The number of nitrogens with two attached hydrogens (primary N) is 1. The summed E-state index contributed by atoms with van der Waals surface area (Å²) in [5.41, 5.74) is -0.0720. The standard InChI is InChI=1S/C30H26Cl2F3N5O5/c1-28(27(36)42)13-45-25-20(28)10-22(38-24(25)14-6-17(31)9-18(32)7-14)29(43,30(33,34)35)12-37-26(41)15-5-16-11-40(19-3-4-19)39-23(16)21(8-15)44-2/h5-11,19,43H,3-4,12-13H2,1-2H3,(H2,36,42)(H,37,41)/t28-,29?/m0/s1. The van der Waals surface area contributed by atoms with Crippen LogP contribution in [-0.2, 0) is 15.8 Å². The van der Waals surface area contributed by atoms with Crippen molar-refractivity contribution < 1.29 is 37.3 Å². The molecule has 0 bridgehead atoms. The van der Waals surface area contributed by atoms with Crippen LogP contribution >= 0.6 is 23.2 Å². The maximum absolute atomic E-state index is 14.8. The van der Waals surface area contributed by atoms with Gasteiger partial charge in [0.05, 0.1) is 25.4 Å². The number of fused-ring (bicyclic) bond motifs is 2. The number of hydrogen-bond acceptors (Lipinski definition) is 7. The van der Waals surface area contributed by atoms with Gasteiger partial charge in [-0.25, -0.2) is 4.98 Å². The zero-order chi connectivity index (χ0) is 32.5. The molecule has 0 saturated heterocycles. The second-order valence-corrected chi connectivity index (χ2v) is 12.2. The van der Waals surface area contributed by atoms with Crippen LogP contribution in [0.1, 0.15) is 47.4 Å². The molecule has 1 fully saturated rings. The highest BCUT2D eigenvalue weighted by molar-refractivity contribution is 6.35. The Morgan fingerprint density at radius 1 is 1.18 bits per heavy atom. The summed E-state index contributed by atoms with van der Waals surface area (Å²) in [6.07, 6.45) is -1.67. The van der Waals surface area contributed by atoms with Crippen molar-refractivity contribution in [2.45, 2.75) is 43.0 Å². The summed E-state index contributed by atoms with van der Waals surface area (Å²) in [7, 11) is 1.39. The van der Waals surface area contributed by atoms with Gasteiger partial charge in [0.15, 0.2) is 0 Å². The third kappa shape index (κ3) is 5.32. The van der Waals surface area contributed by atoms with Gasteiger partial charge in [0.2, 0.25) is 11.5 Å². The molecule has 2 aromatic carbocycles. The number of aromatic nitrogens is 3. The summed E-state index contributed by atoms with van der Waals surface area (Å²) in [6, 6.07) is 8.21. The third-order valence-corrected chi connectivity index (χ3v) is 8.58. The second kappa shape index (κ2) is 10.8. The second-order valence-electron chi connectivity index (χ2n) is 11.4. The molecule has 1 saturated carbocycles. The van der Waals surface area contributed by atoms with Gasteiger partial charge in [-0.3, -0.25) is 14.3 Å². The van der Waals surface area contributed by atoms with Crippen LogP contribution in [0, 0.1) is 0 Å². The zero-order valence-corrected chi connectivity index (χ0v) is 25.3. The van der Waals surface area contributed by atoms with Crippen LogP contribution in [0.15, 0.2) is 42.6 Å². The molecule has 2 amide bonds. The van der Waals surface area contributed by atoms with Crippen LogP contribution < -0.4 is 20.5 Å². The van der Waals surface area contributed by atoms with Crippen LogP contribution in [-0.4, -0.2) is 58.1 Å². The van der Waals surface area contributed by atoms with E-state index in [0.717, 1.165) is 18.9 Å². The van der Waals surface area contributed by atoms with E-state index in [1.54, 1.807) is 10.9 Å². The van der Waals surface area contributed by atoms with E-state index in [9.17, 15) is 27.9 Å². The summed E-state index contributed by atoms with van der Waals surface area (Å²) in [5, 5.41) is 18.9. The first-order chi connectivity index (χ1) is 21.1. The average molecular weight is 664 g/mol. The predicted molar refractivity (Wildman–Crippen MR) is 159 cm³/mol. The van der Waals surface area contributed by atoms with E-state index in [2.05, 4.69) is 15.4 Å². The Morgan fingerprint density at radius 2 is 1.87 bits per heavy atom. The van der Waals surface area contributed by atoms with Crippen LogP contribution in [0.25, 0.3) is 22.2 Å². The summed E-state index contributed by atoms with van der Waals surface area (Å²) in [6.45, 7) is -0.206. The number of carbonyl (C=O) groups excluding carboxylic acids is 2. The predicted octanol–water partition coefficient (Wildman–Crippen LogP) is 5.06. The fraction of sp³-hybridized carbons (Fsp3) is 0.333. The number of rotatable bonds is 8. The Morgan fingerprint density at radius 3 is 2.47 bits per heavy atom. The minimum atomic E-state index is -5.35. The molecule has 1 aliphatic heterocycles. The first kappa shape index (κ1) is 30.9. The van der Waals surface area contributed by atoms with Crippen molar-refractivity contribution in [2.75, 3.05) is 20.3 Å². The molecule has 4 aromatic rings. The number of primary amides is 1. The highest BCUT2D eigenvalue weighted by Gasteiger charge is 2.57. The summed E-state index contributed by atoms with van der Waals surface area (Å²) >= 11 is 12.3. The lowest BCUT2D eigenvalue weighted by molar-refractivity contribution is -0.265. The van der Waals surface area contributed by atoms with Gasteiger partial charge in [-0.2, -0.15) is 18.3 Å². The van der Waals surface area contributed by atoms with Gasteiger partial charge in [0.25, 0.3) is 5.91 Å². The van der Waals surface area contributed by atoms with Crippen LogP contribution in [0.2, 0.25) is 10.0 Å². The molecule has 1 unspecified atom stereocenters. The maximum atomic E-state index is 14.8. The highest BCUT2D eigenvalue weighted by atomic mass is 35.5. The topological polar surface area (TPSA) is 142 Å². The number of nitrogens with one attached hydrogen (secondary N) is 1. The number of pyridine rings is 1. The molecular weight excluding hydrogens is 638 g/mol. The number of hydrogen-bond donors (Lipinski definition) is 3. The van der Waals surface area contributed by atoms with Gasteiger partial charge in [0.1, 0.15) is 34.7 Å². The Hall–Kier alpha value is -4.07. The molecule has 0 radical (unpaired) electrons. The third-order valence-electron chi connectivity index (χ3n) is 8.14. The SMILES string of the molecule is COc1cc(C(=O)NCC(O)(c2cc3c(c(-c4cc(Cl)cc(Cl)c4)n2)OC[C@]3(C)C(N)=O)C(F)(F)F)cc2cn(C3CC3)nc12. The number of alkyl halides is 3. The lowest BCUT2D eigenvalue weighted by Gasteiger charge is -2.31. The Labute approximate surface area is 264 Å². The van der Waals surface area contributed by atoms with Crippen molar-refractivity contribution >= 4 is 45.9 Å². The van der Waals surface area contributed by atoms with Crippen LogP contribution in [0.3, 0.4) is 0 Å². The monoisotopic (exact) mass is 663 g/mol. The van der Waals surface area contributed by atoms with E-state index in [0.29, 0.717) is 10.9 Å². The van der Waals surface area contributed by atoms with Gasteiger partial charge in [-0.05, 0) is 56.2 Å². The first-order valence-electron chi connectivity index (χ1n) is 13.7. The van der Waals surface area contributed by atoms with Gasteiger partial charge in [-0.1, -0.05) is 23.2 Å². The van der Waals surface area contributed by atoms with Gasteiger partial charge in [0, 0.05) is 38.3 Å². The number of carbonyl (C=O) groups is 2. The molecule has 2 aromatic heterocycles. The minimum absolute atomic E-state index is 0.00917. The molecule has 15 heteroatoms. The van der Waals surface area contributed by atoms with Gasteiger partial charge in [-0.15, -0.1) is 0 Å². The molecule has 2 atom stereocenters. The van der Waals surface area contributed by atoms with E-state index in [4.69, 9.17) is 38.4 Å². The number of nitrogens with zero attached hydrogens (tertiary/aromatic N) is 3. The lowest BCUT2D eigenvalue weighted by atomic mass is 9.81. The van der Waals surface area contributed by atoms with Crippen molar-refractivity contribution in [3.63, 3.8) is 0 Å². The van der Waals surface area contributed by atoms with E-state index in [1.165, 1.54) is 44.4 Å². The van der Waals surface area contributed by atoms with E-state index in [1.807, 2.05) is 0 Å². The number of ether oxygens (including phenoxy) is 2. The molecular formula is C30H26Cl2F3N5O5. The van der Waals surface area contributed by atoms with E-state index >= 15 is 0 Å². The van der Waals surface area contributed by atoms with E-state index < -0.39 is 41.2 Å². The number of amides is 2. The summed E-state index contributed by atoms with van der Waals surface area (Å²) in [5.74, 6) is -1.53. The number of benzene rings is 2. The van der Waals surface area contributed by atoms with Crippen molar-refractivity contribution in [3.05, 3.63) is 69.5 Å². The number of aliphatic hydroxyl groups is 1. The molecule has 45 heavy (non-hydrogen) atoms. The Bertz CT molecular complexity index is 1860. The smallest absolute Gasteiger partial charge is 0.424 e. The number of methoxy groups -OCH3 is 1. The Kier molecular flexibility index (Phi) is 7.41. The quantitative estimate of drug-likeness (QED) is 0.239. The fourth-order valence-electron chi connectivity index (χ4n) is 5.27. The average Bonchev–Trinajstić information content (AvgIpc) is 3.65. The van der Waals surface area contributed by atoms with Crippen molar-refractivity contribution in [1.29, 1.82) is 0 Å². The van der Waals surface area contributed by atoms with Crippen LogP contribution in [0.4, 0.5) is 13.2 Å². The molecule has 3 heterocycles. The van der Waals surface area contributed by atoms with Crippen molar-refractivity contribution in [1.82, 2.24) is 20.1 Å². The molecule has 10 nitrogen and oxygen atoms in total.